The maximum Gasteiger partial charge on any atom is 0.253 e. The SMILES string of the molecule is CCCNc1ccccc1C(=O)NCCCOC(C)C. The number of carbonyl (C=O) groups is 1. The summed E-state index contributed by atoms with van der Waals surface area (Å²) in [6.07, 6.45) is 2.10. The summed E-state index contributed by atoms with van der Waals surface area (Å²) in [4.78, 5) is 12.1. The van der Waals surface area contributed by atoms with Crippen molar-refractivity contribution >= 4 is 11.6 Å². The molecule has 0 radical (unpaired) electrons. The molecule has 0 aliphatic rings. The van der Waals surface area contributed by atoms with Gasteiger partial charge in [-0.15, -0.1) is 0 Å². The van der Waals surface area contributed by atoms with Crippen LogP contribution in [0.2, 0.25) is 0 Å². The molecule has 4 heteroatoms. The van der Waals surface area contributed by atoms with Crippen LogP contribution in [-0.2, 0) is 4.74 Å². The van der Waals surface area contributed by atoms with Crippen molar-refractivity contribution in [1.29, 1.82) is 0 Å². The molecule has 0 aliphatic carbocycles. The second-order valence-electron chi connectivity index (χ2n) is 5.00. The largest absolute Gasteiger partial charge is 0.384 e. The van der Waals surface area contributed by atoms with Crippen molar-refractivity contribution in [3.8, 4) is 0 Å². The van der Waals surface area contributed by atoms with E-state index in [9.17, 15) is 4.79 Å². The molecule has 0 aliphatic heterocycles. The number of amides is 1. The van der Waals surface area contributed by atoms with E-state index in [0.29, 0.717) is 18.7 Å². The summed E-state index contributed by atoms with van der Waals surface area (Å²) in [6.45, 7) is 8.29. The van der Waals surface area contributed by atoms with Gasteiger partial charge in [-0.1, -0.05) is 19.1 Å². The predicted octanol–water partition coefficient (Wildman–Crippen LogP) is 3.05. The number of para-hydroxylation sites is 1. The summed E-state index contributed by atoms with van der Waals surface area (Å²) in [5.41, 5.74) is 1.59. The quantitative estimate of drug-likeness (QED) is 0.683. The molecule has 0 bridgehead atoms. The van der Waals surface area contributed by atoms with Gasteiger partial charge in [0, 0.05) is 25.4 Å². The molecular weight excluding hydrogens is 252 g/mol. The normalized spacial score (nSPS) is 10.6. The summed E-state index contributed by atoms with van der Waals surface area (Å²) in [5.74, 6) is -0.0336. The van der Waals surface area contributed by atoms with Gasteiger partial charge in [-0.05, 0) is 38.8 Å². The number of ether oxygens (including phenoxy) is 1. The maximum atomic E-state index is 12.1. The third kappa shape index (κ3) is 6.06. The second kappa shape index (κ2) is 9.37. The van der Waals surface area contributed by atoms with Crippen LogP contribution in [0.4, 0.5) is 5.69 Å². The Hall–Kier alpha value is -1.55. The van der Waals surface area contributed by atoms with Crippen LogP contribution in [-0.4, -0.2) is 31.7 Å². The van der Waals surface area contributed by atoms with Gasteiger partial charge in [0.15, 0.2) is 0 Å². The van der Waals surface area contributed by atoms with Crippen molar-refractivity contribution in [3.63, 3.8) is 0 Å². The number of hydrogen-bond donors (Lipinski definition) is 2. The lowest BCUT2D eigenvalue weighted by Crippen LogP contribution is -2.26. The highest BCUT2D eigenvalue weighted by molar-refractivity contribution is 5.99. The summed E-state index contributed by atoms with van der Waals surface area (Å²) >= 11 is 0. The molecule has 4 nitrogen and oxygen atoms in total. The molecule has 0 unspecified atom stereocenters. The van der Waals surface area contributed by atoms with Gasteiger partial charge in [0.05, 0.1) is 11.7 Å². The first kappa shape index (κ1) is 16.5. The molecular formula is C16H26N2O2. The lowest BCUT2D eigenvalue weighted by Gasteiger charge is -2.12. The zero-order chi connectivity index (χ0) is 14.8. The highest BCUT2D eigenvalue weighted by Gasteiger charge is 2.09. The molecule has 1 rings (SSSR count). The van der Waals surface area contributed by atoms with E-state index in [1.54, 1.807) is 0 Å². The third-order valence-electron chi connectivity index (χ3n) is 2.79. The highest BCUT2D eigenvalue weighted by atomic mass is 16.5. The third-order valence-corrected chi connectivity index (χ3v) is 2.79. The lowest BCUT2D eigenvalue weighted by atomic mass is 10.1. The summed E-state index contributed by atoms with van der Waals surface area (Å²) in [7, 11) is 0. The predicted molar refractivity (Wildman–Crippen MR) is 83.3 cm³/mol. The van der Waals surface area contributed by atoms with Crippen LogP contribution in [0.1, 0.15) is 44.0 Å². The molecule has 0 saturated heterocycles. The number of anilines is 1. The first-order chi connectivity index (χ1) is 9.65. The van der Waals surface area contributed by atoms with Gasteiger partial charge in [-0.25, -0.2) is 0 Å². The van der Waals surface area contributed by atoms with E-state index in [1.807, 2.05) is 38.1 Å². The van der Waals surface area contributed by atoms with Crippen LogP contribution in [0.15, 0.2) is 24.3 Å². The van der Waals surface area contributed by atoms with E-state index in [4.69, 9.17) is 4.74 Å². The smallest absolute Gasteiger partial charge is 0.253 e. The Morgan fingerprint density at radius 2 is 2.00 bits per heavy atom. The Bertz CT molecular complexity index is 405. The van der Waals surface area contributed by atoms with Crippen LogP contribution >= 0.6 is 0 Å². The van der Waals surface area contributed by atoms with Crippen molar-refractivity contribution < 1.29 is 9.53 Å². The van der Waals surface area contributed by atoms with Crippen molar-refractivity contribution in [2.45, 2.75) is 39.7 Å². The number of carbonyl (C=O) groups excluding carboxylic acids is 1. The molecule has 0 saturated carbocycles. The molecule has 112 valence electrons. The molecule has 1 amide bonds. The van der Waals surface area contributed by atoms with Crippen LogP contribution in [0.5, 0.6) is 0 Å². The average Bonchev–Trinajstić information content (AvgIpc) is 2.44. The molecule has 20 heavy (non-hydrogen) atoms. The number of hydrogen-bond acceptors (Lipinski definition) is 3. The molecule has 1 aromatic carbocycles. The van der Waals surface area contributed by atoms with Crippen LogP contribution in [0, 0.1) is 0 Å². The van der Waals surface area contributed by atoms with Crippen LogP contribution < -0.4 is 10.6 Å². The van der Waals surface area contributed by atoms with Crippen LogP contribution in [0.25, 0.3) is 0 Å². The molecule has 2 N–H and O–H groups in total. The minimum absolute atomic E-state index is 0.0336. The van der Waals surface area contributed by atoms with Gasteiger partial charge in [-0.3, -0.25) is 4.79 Å². The fourth-order valence-electron chi connectivity index (χ4n) is 1.78. The van der Waals surface area contributed by atoms with E-state index in [-0.39, 0.29) is 12.0 Å². The van der Waals surface area contributed by atoms with E-state index >= 15 is 0 Å². The topological polar surface area (TPSA) is 50.4 Å². The minimum Gasteiger partial charge on any atom is -0.384 e. The van der Waals surface area contributed by atoms with Crippen molar-refractivity contribution in [2.75, 3.05) is 25.0 Å². The zero-order valence-electron chi connectivity index (χ0n) is 12.7. The summed E-state index contributed by atoms with van der Waals surface area (Å²) in [6, 6.07) is 7.60. The summed E-state index contributed by atoms with van der Waals surface area (Å²) < 4.78 is 5.44. The molecule has 0 heterocycles. The minimum atomic E-state index is -0.0336. The second-order valence-corrected chi connectivity index (χ2v) is 5.00. The van der Waals surface area contributed by atoms with E-state index in [0.717, 1.165) is 25.1 Å². The Morgan fingerprint density at radius 1 is 1.25 bits per heavy atom. The first-order valence-corrected chi connectivity index (χ1v) is 7.37. The number of rotatable bonds is 9. The van der Waals surface area contributed by atoms with Crippen molar-refractivity contribution in [2.24, 2.45) is 0 Å². The average molecular weight is 278 g/mol. The Morgan fingerprint density at radius 3 is 2.70 bits per heavy atom. The molecule has 0 fully saturated rings. The standard InChI is InChI=1S/C16H26N2O2/c1-4-10-17-15-9-6-5-8-14(15)16(19)18-11-7-12-20-13(2)3/h5-6,8-9,13,17H,4,7,10-12H2,1-3H3,(H,18,19). The van der Waals surface area contributed by atoms with Gasteiger partial charge in [0.1, 0.15) is 0 Å². The van der Waals surface area contributed by atoms with Gasteiger partial charge >= 0.3 is 0 Å². The van der Waals surface area contributed by atoms with Crippen molar-refractivity contribution in [3.05, 3.63) is 29.8 Å². The highest BCUT2D eigenvalue weighted by Crippen LogP contribution is 2.14. The van der Waals surface area contributed by atoms with Crippen LogP contribution in [0.3, 0.4) is 0 Å². The number of benzene rings is 1. The van der Waals surface area contributed by atoms with Crippen molar-refractivity contribution in [1.82, 2.24) is 5.32 Å². The lowest BCUT2D eigenvalue weighted by molar-refractivity contribution is 0.0757. The van der Waals surface area contributed by atoms with E-state index in [1.165, 1.54) is 0 Å². The Labute approximate surface area is 121 Å². The molecule has 0 spiro atoms. The first-order valence-electron chi connectivity index (χ1n) is 7.37. The summed E-state index contributed by atoms with van der Waals surface area (Å²) in [5, 5.41) is 6.21. The maximum absolute atomic E-state index is 12.1. The van der Waals surface area contributed by atoms with E-state index in [2.05, 4.69) is 17.6 Å². The molecule has 1 aromatic rings. The Balaban J connectivity index is 2.42. The van der Waals surface area contributed by atoms with Gasteiger partial charge < -0.3 is 15.4 Å². The number of nitrogens with one attached hydrogen (secondary N) is 2. The van der Waals surface area contributed by atoms with E-state index < -0.39 is 0 Å². The fraction of sp³-hybridized carbons (Fsp3) is 0.562. The molecule has 0 atom stereocenters. The van der Waals surface area contributed by atoms with Gasteiger partial charge in [0.2, 0.25) is 0 Å². The van der Waals surface area contributed by atoms with Gasteiger partial charge in [0.25, 0.3) is 5.91 Å². The zero-order valence-corrected chi connectivity index (χ0v) is 12.7. The monoisotopic (exact) mass is 278 g/mol. The molecule has 0 aromatic heterocycles. The van der Waals surface area contributed by atoms with Gasteiger partial charge in [-0.2, -0.15) is 0 Å². The fourth-order valence-corrected chi connectivity index (χ4v) is 1.78. The Kier molecular flexibility index (Phi) is 7.73.